The van der Waals surface area contributed by atoms with Crippen LogP contribution in [0, 0.1) is 6.92 Å². The zero-order chi connectivity index (χ0) is 23.3. The van der Waals surface area contributed by atoms with Crippen LogP contribution in [-0.4, -0.2) is 51.4 Å². The maximum Gasteiger partial charge on any atom is 0.306 e. The van der Waals surface area contributed by atoms with Gasteiger partial charge in [-0.1, -0.05) is 40.2 Å². The molecule has 1 aliphatic rings. The van der Waals surface area contributed by atoms with E-state index in [2.05, 4.69) is 27.3 Å². The van der Waals surface area contributed by atoms with E-state index in [0.29, 0.717) is 17.1 Å². The molecule has 31 heavy (non-hydrogen) atoms. The van der Waals surface area contributed by atoms with Crippen molar-refractivity contribution in [2.45, 2.75) is 95.7 Å². The third kappa shape index (κ3) is 6.46. The van der Waals surface area contributed by atoms with Crippen LogP contribution < -0.4 is 9.47 Å². The summed E-state index contributed by atoms with van der Waals surface area (Å²) in [6, 6.07) is 2.63. The first kappa shape index (κ1) is 25.7. The van der Waals surface area contributed by atoms with Crippen LogP contribution in [0.4, 0.5) is 0 Å². The lowest BCUT2D eigenvalue weighted by molar-refractivity contribution is -0.146. The summed E-state index contributed by atoms with van der Waals surface area (Å²) >= 11 is 0. The van der Waals surface area contributed by atoms with E-state index in [-0.39, 0.29) is 17.6 Å². The highest BCUT2D eigenvalue weighted by Gasteiger charge is 2.34. The molecule has 6 nitrogen and oxygen atoms in total. The summed E-state index contributed by atoms with van der Waals surface area (Å²) in [4.78, 5) is 11.6. The van der Waals surface area contributed by atoms with Crippen molar-refractivity contribution in [3.8, 4) is 11.5 Å². The summed E-state index contributed by atoms with van der Waals surface area (Å²) in [5, 5.41) is 21.1. The van der Waals surface area contributed by atoms with Gasteiger partial charge in [-0.3, -0.25) is 4.79 Å². The van der Waals surface area contributed by atoms with Gasteiger partial charge in [0.25, 0.3) is 0 Å². The molecule has 0 spiro atoms. The van der Waals surface area contributed by atoms with Gasteiger partial charge in [-0.2, -0.15) is 0 Å². The van der Waals surface area contributed by atoms with E-state index in [1.165, 1.54) is 0 Å². The normalized spacial score (nSPS) is 17.1. The number of methoxy groups -OCH3 is 2. The van der Waals surface area contributed by atoms with Gasteiger partial charge in [-0.15, -0.1) is 0 Å². The Morgan fingerprint density at radius 1 is 1.23 bits per heavy atom. The average molecular weight is 452 g/mol. The molecule has 0 saturated heterocycles. The SMILES string of the molecule is COc1cc(C(O)[C@H](CC(=O)O)OC2CCCC2)c(C[Si](C)C(C)(C)C)c(OC)c1C. The Bertz CT molecular complexity index is 751. The van der Waals surface area contributed by atoms with E-state index in [9.17, 15) is 15.0 Å². The number of benzene rings is 1. The van der Waals surface area contributed by atoms with Gasteiger partial charge in [0.2, 0.25) is 0 Å². The van der Waals surface area contributed by atoms with Crippen molar-refractivity contribution in [2.24, 2.45) is 0 Å². The molecule has 0 heterocycles. The van der Waals surface area contributed by atoms with Crippen LogP contribution in [0.3, 0.4) is 0 Å². The molecule has 0 aromatic heterocycles. The van der Waals surface area contributed by atoms with E-state index in [4.69, 9.17) is 14.2 Å². The molecule has 1 saturated carbocycles. The molecular formula is C24H39O6Si. The molecule has 2 atom stereocenters. The fourth-order valence-corrected chi connectivity index (χ4v) is 5.57. The Balaban J connectivity index is 2.54. The van der Waals surface area contributed by atoms with E-state index in [0.717, 1.165) is 42.9 Å². The van der Waals surface area contributed by atoms with Gasteiger partial charge in [0.05, 0.1) is 41.6 Å². The Kier molecular flexibility index (Phi) is 8.98. The Hall–Kier alpha value is -1.57. The number of carboxylic acid groups (broad SMARTS) is 1. The molecule has 1 fully saturated rings. The molecule has 0 aliphatic heterocycles. The molecule has 2 rings (SSSR count). The van der Waals surface area contributed by atoms with Gasteiger partial charge in [-0.05, 0) is 48.0 Å². The van der Waals surface area contributed by atoms with Gasteiger partial charge >= 0.3 is 5.97 Å². The Labute approximate surface area is 188 Å². The van der Waals surface area contributed by atoms with Gasteiger partial charge in [0.15, 0.2) is 0 Å². The number of aliphatic hydroxyl groups is 1. The van der Waals surface area contributed by atoms with Crippen molar-refractivity contribution in [3.63, 3.8) is 0 Å². The van der Waals surface area contributed by atoms with Gasteiger partial charge < -0.3 is 24.4 Å². The molecule has 0 amide bonds. The topological polar surface area (TPSA) is 85.2 Å². The molecule has 7 heteroatoms. The van der Waals surface area contributed by atoms with Crippen LogP contribution in [0.5, 0.6) is 11.5 Å². The number of aliphatic hydroxyl groups excluding tert-OH is 1. The van der Waals surface area contributed by atoms with E-state index in [1.54, 1.807) is 14.2 Å². The zero-order valence-electron chi connectivity index (χ0n) is 20.1. The summed E-state index contributed by atoms with van der Waals surface area (Å²) in [6.45, 7) is 10.9. The second kappa shape index (κ2) is 10.8. The van der Waals surface area contributed by atoms with Gasteiger partial charge in [-0.25, -0.2) is 0 Å². The molecular weight excluding hydrogens is 412 g/mol. The van der Waals surface area contributed by atoms with Crippen molar-refractivity contribution in [1.82, 2.24) is 0 Å². The maximum atomic E-state index is 11.6. The molecule has 1 aromatic carbocycles. The summed E-state index contributed by atoms with van der Waals surface area (Å²) in [5.41, 5.74) is 2.47. The smallest absolute Gasteiger partial charge is 0.306 e. The lowest BCUT2D eigenvalue weighted by atomic mass is 9.94. The Morgan fingerprint density at radius 2 is 1.84 bits per heavy atom. The van der Waals surface area contributed by atoms with Crippen LogP contribution >= 0.6 is 0 Å². The van der Waals surface area contributed by atoms with Gasteiger partial charge in [0.1, 0.15) is 17.6 Å². The largest absolute Gasteiger partial charge is 0.496 e. The number of hydrogen-bond donors (Lipinski definition) is 2. The standard InChI is InChI=1S/C24H39O6Si/c1-15-19(28-5)12-17(18(23(15)29-6)14-31(7)24(2,3)4)22(27)20(13-21(25)26)30-16-10-8-9-11-16/h12,16,20,22,27H,8-11,13-14H2,1-7H3,(H,25,26)/t20-,22?/m0/s1. The molecule has 2 N–H and O–H groups in total. The first-order valence-corrected chi connectivity index (χ1v) is 13.3. The lowest BCUT2D eigenvalue weighted by Crippen LogP contribution is -2.31. The number of carboxylic acids is 1. The zero-order valence-corrected chi connectivity index (χ0v) is 21.1. The first-order valence-electron chi connectivity index (χ1n) is 11.1. The van der Waals surface area contributed by atoms with Crippen molar-refractivity contribution in [1.29, 1.82) is 0 Å². The second-order valence-corrected chi connectivity index (χ2v) is 13.0. The van der Waals surface area contributed by atoms with E-state index < -0.39 is 27.0 Å². The highest BCUT2D eigenvalue weighted by Crippen LogP contribution is 2.41. The molecule has 1 unspecified atom stereocenters. The number of rotatable bonds is 10. The monoisotopic (exact) mass is 451 g/mol. The van der Waals surface area contributed by atoms with Crippen LogP contribution in [0.1, 0.15) is 75.7 Å². The highest BCUT2D eigenvalue weighted by atomic mass is 28.3. The second-order valence-electron chi connectivity index (χ2n) is 9.64. The van der Waals surface area contributed by atoms with Gasteiger partial charge in [0, 0.05) is 5.56 Å². The predicted octanol–water partition coefficient (Wildman–Crippen LogP) is 4.85. The third-order valence-corrected chi connectivity index (χ3v) is 9.93. The third-order valence-electron chi connectivity index (χ3n) is 6.48. The minimum atomic E-state index is -1.08. The predicted molar refractivity (Wildman–Crippen MR) is 124 cm³/mol. The summed E-state index contributed by atoms with van der Waals surface area (Å²) < 4.78 is 17.5. The van der Waals surface area contributed by atoms with E-state index >= 15 is 0 Å². The molecule has 1 aliphatic carbocycles. The Morgan fingerprint density at radius 3 is 2.32 bits per heavy atom. The fourth-order valence-electron chi connectivity index (χ4n) is 4.15. The minimum absolute atomic E-state index is 0.00272. The number of hydrogen-bond acceptors (Lipinski definition) is 5. The highest BCUT2D eigenvalue weighted by molar-refractivity contribution is 6.60. The molecule has 0 bridgehead atoms. The lowest BCUT2D eigenvalue weighted by Gasteiger charge is -2.31. The molecule has 1 radical (unpaired) electrons. The summed E-state index contributed by atoms with van der Waals surface area (Å²) in [7, 11) is 2.38. The fraction of sp³-hybridized carbons (Fsp3) is 0.708. The van der Waals surface area contributed by atoms with Crippen LogP contribution in [0.15, 0.2) is 6.07 Å². The average Bonchev–Trinajstić information content (AvgIpc) is 3.19. The van der Waals surface area contributed by atoms with Crippen molar-refractivity contribution >= 4 is 14.8 Å². The minimum Gasteiger partial charge on any atom is -0.496 e. The van der Waals surface area contributed by atoms with Crippen LogP contribution in [0.25, 0.3) is 0 Å². The van der Waals surface area contributed by atoms with Crippen molar-refractivity contribution in [3.05, 3.63) is 22.8 Å². The summed E-state index contributed by atoms with van der Waals surface area (Å²) in [6.07, 6.45) is 1.81. The van der Waals surface area contributed by atoms with Crippen LogP contribution in [-0.2, 0) is 15.6 Å². The number of carbonyl (C=O) groups is 1. The summed E-state index contributed by atoms with van der Waals surface area (Å²) in [5.74, 6) is 0.340. The quantitative estimate of drug-likeness (QED) is 0.495. The van der Waals surface area contributed by atoms with Crippen LogP contribution in [0.2, 0.25) is 11.6 Å². The maximum absolute atomic E-state index is 11.6. The van der Waals surface area contributed by atoms with E-state index in [1.807, 2.05) is 13.0 Å². The number of ether oxygens (including phenoxy) is 3. The number of aliphatic carboxylic acids is 1. The first-order chi connectivity index (χ1) is 14.5. The molecule has 175 valence electrons. The molecule has 1 aromatic rings. The van der Waals surface area contributed by atoms with Crippen molar-refractivity contribution < 1.29 is 29.2 Å². The van der Waals surface area contributed by atoms with Crippen molar-refractivity contribution in [2.75, 3.05) is 14.2 Å².